The second-order valence-electron chi connectivity index (χ2n) is 12.0. The molecule has 0 saturated carbocycles. The van der Waals surface area contributed by atoms with Crippen LogP contribution < -0.4 is 10.6 Å². The first-order valence-corrected chi connectivity index (χ1v) is 17.3. The Labute approximate surface area is 287 Å². The van der Waals surface area contributed by atoms with E-state index in [1.54, 1.807) is 0 Å². The lowest BCUT2D eigenvalue weighted by atomic mass is 9.94. The number of carbonyl (C=O) groups is 6. The molecule has 1 fully saturated rings. The predicted molar refractivity (Wildman–Crippen MR) is 174 cm³/mol. The first-order chi connectivity index (χ1) is 23.4. The highest BCUT2D eigenvalue weighted by atomic mass is 16.6. The van der Waals surface area contributed by atoms with Gasteiger partial charge in [0.25, 0.3) is 0 Å². The SMILES string of the molecule is CCCCOC(=O)CCCCCCCCCCC(=O)N[C@@H]1O[C@H](COCCC(=O)O)[C@@H](OCCC(=O)O)C(OCCC(=O)O)[C@H]1NC(C)=O. The fraction of sp³-hybridized carbons (Fsp3) is 0.818. The van der Waals surface area contributed by atoms with E-state index < -0.39 is 54.4 Å². The number of carboxylic acids is 3. The molecule has 49 heavy (non-hydrogen) atoms. The first-order valence-electron chi connectivity index (χ1n) is 17.3. The Morgan fingerprint density at radius 3 is 1.71 bits per heavy atom. The molecule has 0 bridgehead atoms. The molecule has 0 spiro atoms. The van der Waals surface area contributed by atoms with E-state index in [-0.39, 0.29) is 64.0 Å². The minimum Gasteiger partial charge on any atom is -0.481 e. The maximum Gasteiger partial charge on any atom is 0.305 e. The van der Waals surface area contributed by atoms with E-state index in [0.717, 1.165) is 57.8 Å². The molecule has 1 heterocycles. The number of unbranched alkanes of at least 4 members (excludes halogenated alkanes) is 8. The zero-order valence-electron chi connectivity index (χ0n) is 28.9. The van der Waals surface area contributed by atoms with Crippen LogP contribution in [0.4, 0.5) is 0 Å². The summed E-state index contributed by atoms with van der Waals surface area (Å²) in [5.74, 6) is -4.34. The van der Waals surface area contributed by atoms with Crippen molar-refractivity contribution in [3.05, 3.63) is 0 Å². The van der Waals surface area contributed by atoms with E-state index in [2.05, 4.69) is 10.6 Å². The number of aliphatic carboxylic acids is 3. The second kappa shape index (κ2) is 26.5. The van der Waals surface area contributed by atoms with Crippen LogP contribution in [0.1, 0.15) is 110 Å². The molecule has 0 aromatic carbocycles. The van der Waals surface area contributed by atoms with Gasteiger partial charge in [-0.2, -0.15) is 0 Å². The molecule has 1 saturated heterocycles. The Bertz CT molecular complexity index is 1010. The summed E-state index contributed by atoms with van der Waals surface area (Å²) < 4.78 is 28.5. The van der Waals surface area contributed by atoms with Crippen molar-refractivity contribution >= 4 is 35.7 Å². The molecule has 282 valence electrons. The van der Waals surface area contributed by atoms with Crippen molar-refractivity contribution in [3.63, 3.8) is 0 Å². The second-order valence-corrected chi connectivity index (χ2v) is 12.0. The standard InChI is InChI=1S/C33H56N2O14/c1-3-4-18-46-29(44)14-12-10-8-6-5-7-9-11-13-25(37)35-33-30(34-23(2)36)32(48-21-17-28(42)43)31(47-20-16-27(40)41)24(49-33)22-45-19-15-26(38)39/h24,30-33H,3-22H2,1-2H3,(H,34,36)(H,35,37)(H,38,39)(H,40,41)(H,42,43)/t24-,30-,31-,32?,33-/m1/s1. The summed E-state index contributed by atoms with van der Waals surface area (Å²) in [5, 5.41) is 32.7. The van der Waals surface area contributed by atoms with E-state index in [9.17, 15) is 28.8 Å². The third-order valence-electron chi connectivity index (χ3n) is 7.66. The fourth-order valence-electron chi connectivity index (χ4n) is 5.16. The molecule has 1 unspecified atom stereocenters. The van der Waals surface area contributed by atoms with Crippen LogP contribution in [0.3, 0.4) is 0 Å². The normalized spacial score (nSPS) is 20.3. The molecule has 1 aliphatic rings. The van der Waals surface area contributed by atoms with Gasteiger partial charge < -0.3 is 49.6 Å². The number of carboxylic acid groups (broad SMARTS) is 3. The average Bonchev–Trinajstić information content (AvgIpc) is 3.02. The lowest BCUT2D eigenvalue weighted by molar-refractivity contribution is -0.232. The van der Waals surface area contributed by atoms with Gasteiger partial charge in [0.2, 0.25) is 11.8 Å². The lowest BCUT2D eigenvalue weighted by Crippen LogP contribution is -2.69. The van der Waals surface area contributed by atoms with Crippen LogP contribution in [0.15, 0.2) is 0 Å². The monoisotopic (exact) mass is 704 g/mol. The average molecular weight is 705 g/mol. The number of ether oxygens (including phenoxy) is 5. The largest absolute Gasteiger partial charge is 0.481 e. The van der Waals surface area contributed by atoms with Crippen molar-refractivity contribution in [3.8, 4) is 0 Å². The van der Waals surface area contributed by atoms with E-state index in [1.807, 2.05) is 6.92 Å². The molecular formula is C33H56N2O14. The topological polar surface area (TPSA) is 233 Å². The zero-order chi connectivity index (χ0) is 36.4. The minimum atomic E-state index is -1.15. The van der Waals surface area contributed by atoms with Gasteiger partial charge in [-0.3, -0.25) is 28.8 Å². The van der Waals surface area contributed by atoms with Gasteiger partial charge in [-0.15, -0.1) is 0 Å². The van der Waals surface area contributed by atoms with E-state index in [0.29, 0.717) is 19.4 Å². The van der Waals surface area contributed by atoms with Crippen LogP contribution in [-0.2, 0) is 52.5 Å². The Morgan fingerprint density at radius 1 is 0.633 bits per heavy atom. The zero-order valence-corrected chi connectivity index (χ0v) is 28.9. The number of nitrogens with one attached hydrogen (secondary N) is 2. The Balaban J connectivity index is 2.77. The summed E-state index contributed by atoms with van der Waals surface area (Å²) in [4.78, 5) is 70.2. The molecule has 1 rings (SSSR count). The van der Waals surface area contributed by atoms with E-state index in [1.165, 1.54) is 6.92 Å². The molecule has 1 aliphatic heterocycles. The first kappa shape index (κ1) is 43.7. The number of rotatable bonds is 29. The third kappa shape index (κ3) is 21.4. The van der Waals surface area contributed by atoms with Gasteiger partial charge in [0, 0.05) is 19.8 Å². The number of esters is 1. The van der Waals surface area contributed by atoms with E-state index >= 15 is 0 Å². The Kier molecular flexibility index (Phi) is 23.6. The van der Waals surface area contributed by atoms with Gasteiger partial charge in [-0.05, 0) is 19.3 Å². The quantitative estimate of drug-likeness (QED) is 0.0557. The van der Waals surface area contributed by atoms with Crippen molar-refractivity contribution in [2.24, 2.45) is 0 Å². The Morgan fingerprint density at radius 2 is 1.16 bits per heavy atom. The number of hydrogen-bond acceptors (Lipinski definition) is 11. The highest BCUT2D eigenvalue weighted by molar-refractivity contribution is 5.77. The summed E-state index contributed by atoms with van der Waals surface area (Å²) in [6, 6.07) is -1.04. The van der Waals surface area contributed by atoms with Gasteiger partial charge in [0.05, 0.1) is 52.3 Å². The molecule has 0 aromatic heterocycles. The minimum absolute atomic E-state index is 0.140. The number of amides is 2. The van der Waals surface area contributed by atoms with Crippen molar-refractivity contribution in [2.45, 2.75) is 141 Å². The predicted octanol–water partition coefficient (Wildman–Crippen LogP) is 2.79. The van der Waals surface area contributed by atoms with Crippen molar-refractivity contribution in [2.75, 3.05) is 33.0 Å². The fourth-order valence-corrected chi connectivity index (χ4v) is 5.16. The summed E-state index contributed by atoms with van der Waals surface area (Å²) in [6.07, 6.45) is 4.32. The maximum absolute atomic E-state index is 13.0. The molecule has 5 N–H and O–H groups in total. The maximum atomic E-state index is 13.0. The van der Waals surface area contributed by atoms with Crippen LogP contribution in [0.5, 0.6) is 0 Å². The summed E-state index contributed by atoms with van der Waals surface area (Å²) >= 11 is 0. The van der Waals surface area contributed by atoms with Gasteiger partial charge >= 0.3 is 23.9 Å². The van der Waals surface area contributed by atoms with Gasteiger partial charge in [0.1, 0.15) is 24.4 Å². The smallest absolute Gasteiger partial charge is 0.305 e. The number of carbonyl (C=O) groups excluding carboxylic acids is 3. The molecule has 0 radical (unpaired) electrons. The van der Waals surface area contributed by atoms with Crippen molar-refractivity contribution in [1.29, 1.82) is 0 Å². The third-order valence-corrected chi connectivity index (χ3v) is 7.66. The molecule has 0 aromatic rings. The molecule has 5 atom stereocenters. The molecule has 16 nitrogen and oxygen atoms in total. The van der Waals surface area contributed by atoms with Gasteiger partial charge in [-0.25, -0.2) is 0 Å². The van der Waals surface area contributed by atoms with Crippen molar-refractivity contribution in [1.82, 2.24) is 10.6 Å². The lowest BCUT2D eigenvalue weighted by Gasteiger charge is -2.46. The summed E-state index contributed by atoms with van der Waals surface area (Å²) in [6.45, 7) is 2.84. The van der Waals surface area contributed by atoms with E-state index in [4.69, 9.17) is 39.0 Å². The van der Waals surface area contributed by atoms with Crippen LogP contribution in [0, 0.1) is 0 Å². The summed E-state index contributed by atoms with van der Waals surface area (Å²) in [5.41, 5.74) is 0. The van der Waals surface area contributed by atoms with Crippen LogP contribution in [-0.4, -0.2) is 115 Å². The highest BCUT2D eigenvalue weighted by Crippen LogP contribution is 2.27. The van der Waals surface area contributed by atoms with Gasteiger partial charge in [-0.1, -0.05) is 51.9 Å². The van der Waals surface area contributed by atoms with Crippen LogP contribution in [0.2, 0.25) is 0 Å². The van der Waals surface area contributed by atoms with Crippen molar-refractivity contribution < 1.29 is 67.8 Å². The van der Waals surface area contributed by atoms with Crippen LogP contribution in [0.25, 0.3) is 0 Å². The molecule has 2 amide bonds. The Hall–Kier alpha value is -3.34. The molecule has 0 aliphatic carbocycles. The van der Waals surface area contributed by atoms with Gasteiger partial charge in [0.15, 0.2) is 6.23 Å². The molecular weight excluding hydrogens is 648 g/mol. The molecule has 16 heteroatoms. The van der Waals surface area contributed by atoms with Crippen LogP contribution >= 0.6 is 0 Å². The number of hydrogen-bond donors (Lipinski definition) is 5. The summed E-state index contributed by atoms with van der Waals surface area (Å²) in [7, 11) is 0. The highest BCUT2D eigenvalue weighted by Gasteiger charge is 2.48.